The van der Waals surface area contributed by atoms with E-state index in [4.69, 9.17) is 28.9 Å². The number of piperidine rings is 1. The summed E-state index contributed by atoms with van der Waals surface area (Å²) < 4.78 is 28.0. The fourth-order valence-corrected chi connectivity index (χ4v) is 6.71. The quantitative estimate of drug-likeness (QED) is 0.489. The van der Waals surface area contributed by atoms with Gasteiger partial charge in [0.15, 0.2) is 0 Å². The molecule has 0 spiro atoms. The largest absolute Gasteiger partial charge is 0.330 e. The van der Waals surface area contributed by atoms with Gasteiger partial charge in [-0.05, 0) is 49.6 Å². The topological polar surface area (TPSA) is 107 Å². The second-order valence-corrected chi connectivity index (χ2v) is 10.6. The van der Waals surface area contributed by atoms with Gasteiger partial charge in [-0.2, -0.15) is 4.31 Å². The minimum Gasteiger partial charge on any atom is -0.330 e. The molecule has 1 aliphatic rings. The predicted molar refractivity (Wildman–Crippen MR) is 114 cm³/mol. The van der Waals surface area contributed by atoms with E-state index in [2.05, 4.69) is 0 Å². The Balaban J connectivity index is 2.01. The van der Waals surface area contributed by atoms with Crippen LogP contribution in [0, 0.1) is 16.0 Å². The van der Waals surface area contributed by atoms with Crippen LogP contribution in [0.25, 0.3) is 0 Å². The first-order chi connectivity index (χ1) is 13.7. The lowest BCUT2D eigenvalue weighted by Crippen LogP contribution is -2.40. The average molecular weight is 476 g/mol. The fraction of sp³-hybridized carbons (Fsp3) is 0.333. The van der Waals surface area contributed by atoms with E-state index in [-0.39, 0.29) is 16.5 Å². The second-order valence-electron chi connectivity index (χ2n) is 6.68. The lowest BCUT2D eigenvalue weighted by Gasteiger charge is -2.31. The number of nitro benzene ring substituents is 1. The van der Waals surface area contributed by atoms with Gasteiger partial charge >= 0.3 is 0 Å². The van der Waals surface area contributed by atoms with Gasteiger partial charge in [0.2, 0.25) is 10.0 Å². The Hall–Kier alpha value is -1.36. The summed E-state index contributed by atoms with van der Waals surface area (Å²) in [7, 11) is -3.92. The summed E-state index contributed by atoms with van der Waals surface area (Å²) in [5.41, 5.74) is 5.41. The number of nitro groups is 1. The number of halogens is 2. The maximum Gasteiger partial charge on any atom is 0.270 e. The van der Waals surface area contributed by atoms with Gasteiger partial charge in [0.05, 0.1) is 4.92 Å². The number of hydrogen-bond donors (Lipinski definition) is 1. The van der Waals surface area contributed by atoms with Crippen LogP contribution in [0.4, 0.5) is 5.69 Å². The smallest absolute Gasteiger partial charge is 0.270 e. The van der Waals surface area contributed by atoms with Crippen LogP contribution < -0.4 is 5.73 Å². The molecule has 0 atom stereocenters. The lowest BCUT2D eigenvalue weighted by atomic mass is 9.99. The van der Waals surface area contributed by atoms with Crippen molar-refractivity contribution in [2.24, 2.45) is 11.7 Å². The van der Waals surface area contributed by atoms with E-state index < -0.39 is 14.9 Å². The van der Waals surface area contributed by atoms with E-state index in [1.54, 1.807) is 18.2 Å². The highest BCUT2D eigenvalue weighted by molar-refractivity contribution is 8.00. The number of nitrogens with two attached hydrogens (primary N) is 1. The first kappa shape index (κ1) is 22.3. The van der Waals surface area contributed by atoms with Gasteiger partial charge in [-0.15, -0.1) is 0 Å². The van der Waals surface area contributed by atoms with Crippen molar-refractivity contribution in [3.63, 3.8) is 0 Å². The molecule has 1 fully saturated rings. The molecule has 0 aromatic heterocycles. The van der Waals surface area contributed by atoms with E-state index in [0.717, 1.165) is 17.8 Å². The van der Waals surface area contributed by atoms with Crippen molar-refractivity contribution in [1.29, 1.82) is 0 Å². The molecule has 7 nitrogen and oxygen atoms in total. The lowest BCUT2D eigenvalue weighted by molar-refractivity contribution is -0.385. The Morgan fingerprint density at radius 2 is 1.76 bits per heavy atom. The average Bonchev–Trinajstić information content (AvgIpc) is 2.67. The Morgan fingerprint density at radius 1 is 1.14 bits per heavy atom. The predicted octanol–water partition coefficient (Wildman–Crippen LogP) is 4.41. The van der Waals surface area contributed by atoms with E-state index in [1.165, 1.54) is 16.4 Å². The molecule has 29 heavy (non-hydrogen) atoms. The summed E-state index contributed by atoms with van der Waals surface area (Å²) in [6.07, 6.45) is 1.33. The zero-order chi connectivity index (χ0) is 21.2. The first-order valence-corrected chi connectivity index (χ1v) is 11.8. The first-order valence-electron chi connectivity index (χ1n) is 8.83. The van der Waals surface area contributed by atoms with Crippen molar-refractivity contribution in [1.82, 2.24) is 4.31 Å². The van der Waals surface area contributed by atoms with Crippen LogP contribution in [0.15, 0.2) is 51.1 Å². The number of rotatable bonds is 6. The number of hydrogen-bond acceptors (Lipinski definition) is 6. The summed E-state index contributed by atoms with van der Waals surface area (Å²) in [5.74, 6) is 0.286. The van der Waals surface area contributed by atoms with Crippen LogP contribution >= 0.6 is 35.0 Å². The van der Waals surface area contributed by atoms with Crippen LogP contribution in [-0.4, -0.2) is 37.3 Å². The summed E-state index contributed by atoms with van der Waals surface area (Å²) in [6.45, 7) is 1.18. The van der Waals surface area contributed by atoms with E-state index in [1.807, 2.05) is 0 Å². The third kappa shape index (κ3) is 5.22. The van der Waals surface area contributed by atoms with Gasteiger partial charge in [-0.1, -0.05) is 35.0 Å². The maximum atomic E-state index is 13.3. The molecule has 0 saturated carbocycles. The Kier molecular flexibility index (Phi) is 7.08. The number of sulfonamides is 1. The molecule has 156 valence electrons. The molecule has 1 saturated heterocycles. The maximum absolute atomic E-state index is 13.3. The van der Waals surface area contributed by atoms with E-state index >= 15 is 0 Å². The van der Waals surface area contributed by atoms with Crippen LogP contribution in [0.1, 0.15) is 12.8 Å². The highest BCUT2D eigenvalue weighted by atomic mass is 35.5. The van der Waals surface area contributed by atoms with E-state index in [0.29, 0.717) is 52.3 Å². The fourth-order valence-electron chi connectivity index (χ4n) is 3.14. The SMILES string of the molecule is NCC1CCN(S(=O)(=O)c2cc([N+](=O)[O-])ccc2Sc2cc(Cl)cc(Cl)c2)CC1. The van der Waals surface area contributed by atoms with Gasteiger partial charge in [-0.3, -0.25) is 10.1 Å². The molecule has 0 radical (unpaired) electrons. The Morgan fingerprint density at radius 3 is 2.31 bits per heavy atom. The molecule has 2 N–H and O–H groups in total. The second kappa shape index (κ2) is 9.20. The monoisotopic (exact) mass is 475 g/mol. The number of nitrogens with zero attached hydrogens (tertiary/aromatic N) is 2. The minimum absolute atomic E-state index is 0.0982. The zero-order valence-electron chi connectivity index (χ0n) is 15.3. The van der Waals surface area contributed by atoms with Gasteiger partial charge in [0.25, 0.3) is 5.69 Å². The third-order valence-electron chi connectivity index (χ3n) is 4.73. The third-order valence-corrected chi connectivity index (χ3v) is 8.28. The van der Waals surface area contributed by atoms with Crippen LogP contribution in [-0.2, 0) is 10.0 Å². The summed E-state index contributed by atoms with van der Waals surface area (Å²) in [6, 6.07) is 8.72. The molecule has 0 bridgehead atoms. The molecule has 1 aliphatic heterocycles. The minimum atomic E-state index is -3.92. The molecule has 3 rings (SSSR count). The van der Waals surface area contributed by atoms with Crippen molar-refractivity contribution in [2.75, 3.05) is 19.6 Å². The zero-order valence-corrected chi connectivity index (χ0v) is 18.4. The van der Waals surface area contributed by atoms with Crippen LogP contribution in [0.3, 0.4) is 0 Å². The molecular weight excluding hydrogens is 457 g/mol. The van der Waals surface area contributed by atoms with Gasteiger partial charge < -0.3 is 5.73 Å². The summed E-state index contributed by atoms with van der Waals surface area (Å²) in [5, 5.41) is 12.1. The molecule has 0 unspecified atom stereocenters. The van der Waals surface area contributed by atoms with Crippen molar-refractivity contribution in [2.45, 2.75) is 27.5 Å². The molecule has 1 heterocycles. The van der Waals surface area contributed by atoms with Gasteiger partial charge in [0.1, 0.15) is 4.90 Å². The normalized spacial score (nSPS) is 16.1. The summed E-state index contributed by atoms with van der Waals surface area (Å²) in [4.78, 5) is 11.5. The van der Waals surface area contributed by atoms with E-state index in [9.17, 15) is 18.5 Å². The van der Waals surface area contributed by atoms with Crippen molar-refractivity contribution < 1.29 is 13.3 Å². The van der Waals surface area contributed by atoms with Crippen molar-refractivity contribution in [3.05, 3.63) is 56.6 Å². The van der Waals surface area contributed by atoms with Crippen molar-refractivity contribution >= 4 is 50.7 Å². The molecular formula is C18H19Cl2N3O4S2. The number of non-ortho nitro benzene ring substituents is 1. The number of benzene rings is 2. The highest BCUT2D eigenvalue weighted by Crippen LogP contribution is 2.38. The molecule has 0 amide bonds. The molecule has 2 aromatic carbocycles. The highest BCUT2D eigenvalue weighted by Gasteiger charge is 2.32. The summed E-state index contributed by atoms with van der Waals surface area (Å²) >= 11 is 13.2. The molecule has 2 aromatic rings. The van der Waals surface area contributed by atoms with Gasteiger partial charge in [0, 0.05) is 45.1 Å². The molecule has 11 heteroatoms. The molecule has 0 aliphatic carbocycles. The standard InChI is InChI=1S/C18H19Cl2N3O4S2/c19-13-7-14(20)9-16(8-13)28-17-2-1-15(23(24)25)10-18(17)29(26,27)22-5-3-12(11-21)4-6-22/h1-2,7-10,12H,3-6,11,21H2. The van der Waals surface area contributed by atoms with Crippen LogP contribution in [0.5, 0.6) is 0 Å². The van der Waals surface area contributed by atoms with Crippen molar-refractivity contribution in [3.8, 4) is 0 Å². The Labute approximate surface area is 183 Å². The van der Waals surface area contributed by atoms with Crippen LogP contribution in [0.2, 0.25) is 10.0 Å². The Bertz CT molecular complexity index is 1010. The van der Waals surface area contributed by atoms with Gasteiger partial charge in [-0.25, -0.2) is 8.42 Å².